The zero-order valence-electron chi connectivity index (χ0n) is 24.5. The average Bonchev–Trinajstić information content (AvgIpc) is 3.34. The van der Waals surface area contributed by atoms with Gasteiger partial charge < -0.3 is 25.2 Å². The third-order valence-electron chi connectivity index (χ3n) is 9.10. The van der Waals surface area contributed by atoms with Gasteiger partial charge in [0, 0.05) is 55.1 Å². The van der Waals surface area contributed by atoms with Crippen molar-refractivity contribution in [2.45, 2.75) is 58.1 Å². The predicted molar refractivity (Wildman–Crippen MR) is 159 cm³/mol. The molecule has 4 aliphatic rings. The molecule has 3 saturated heterocycles. The molecule has 1 aromatic carbocycles. The molecule has 2 amide bonds. The Morgan fingerprint density at radius 3 is 2.56 bits per heavy atom. The van der Waals surface area contributed by atoms with Crippen molar-refractivity contribution in [1.82, 2.24) is 14.8 Å². The van der Waals surface area contributed by atoms with Gasteiger partial charge in [-0.1, -0.05) is 26.8 Å². The average molecular weight is 580 g/mol. The van der Waals surface area contributed by atoms with Gasteiger partial charge in [-0.15, -0.1) is 11.3 Å². The summed E-state index contributed by atoms with van der Waals surface area (Å²) < 4.78 is 5.94. The van der Waals surface area contributed by atoms with Crippen LogP contribution in [-0.4, -0.2) is 90.9 Å². The molecular weight excluding hydrogens is 538 g/mol. The van der Waals surface area contributed by atoms with Crippen LogP contribution in [0.1, 0.15) is 61.9 Å². The Bertz CT molecular complexity index is 1340. The number of nitrogens with two attached hydrogens (primary N) is 1. The quantitative estimate of drug-likeness (QED) is 0.536. The van der Waals surface area contributed by atoms with Crippen molar-refractivity contribution >= 4 is 34.1 Å². The van der Waals surface area contributed by atoms with Crippen molar-refractivity contribution in [3.63, 3.8) is 0 Å². The number of likely N-dealkylation sites (N-methyl/N-ethyl adjacent to an activating group) is 1. The van der Waals surface area contributed by atoms with Crippen LogP contribution in [0.3, 0.4) is 0 Å². The molecule has 1 aromatic heterocycles. The summed E-state index contributed by atoms with van der Waals surface area (Å²) in [4.78, 5) is 51.5. The van der Waals surface area contributed by atoms with E-state index in [9.17, 15) is 14.4 Å². The third-order valence-corrected chi connectivity index (χ3v) is 10.0. The number of piperazine rings is 1. The number of ether oxygens (including phenoxy) is 1. The minimum absolute atomic E-state index is 0.0243. The Hall–Kier alpha value is -2.82. The van der Waals surface area contributed by atoms with Crippen molar-refractivity contribution in [3.8, 4) is 11.3 Å². The van der Waals surface area contributed by atoms with Gasteiger partial charge in [-0.25, -0.2) is 4.98 Å². The first-order valence-electron chi connectivity index (χ1n) is 14.8. The molecule has 0 bridgehead atoms. The number of ketones is 1. The number of aromatic nitrogens is 1. The number of hydrogen-bond donors (Lipinski definition) is 1. The van der Waals surface area contributed by atoms with Gasteiger partial charge in [-0.3, -0.25) is 14.4 Å². The molecule has 2 aromatic rings. The summed E-state index contributed by atoms with van der Waals surface area (Å²) in [5.41, 5.74) is 8.29. The van der Waals surface area contributed by atoms with E-state index in [-0.39, 0.29) is 35.7 Å². The number of hydrogen-bond acceptors (Lipinski definition) is 8. The van der Waals surface area contributed by atoms with E-state index in [2.05, 4.69) is 37.6 Å². The van der Waals surface area contributed by atoms with Crippen molar-refractivity contribution in [3.05, 3.63) is 34.7 Å². The minimum Gasteiger partial charge on any atom is -0.367 e. The maximum Gasteiger partial charge on any atom is 0.249 e. The molecular formula is C31H41N5O4S. The molecule has 4 atom stereocenters. The van der Waals surface area contributed by atoms with Gasteiger partial charge in [-0.2, -0.15) is 0 Å². The molecule has 220 valence electrons. The van der Waals surface area contributed by atoms with Crippen molar-refractivity contribution in [2.24, 2.45) is 23.0 Å². The van der Waals surface area contributed by atoms with Crippen LogP contribution in [-0.2, 0) is 14.3 Å². The molecule has 0 unspecified atom stereocenters. The molecule has 1 aliphatic carbocycles. The zero-order chi connectivity index (χ0) is 29.1. The topological polar surface area (TPSA) is 109 Å². The predicted octanol–water partition coefficient (Wildman–Crippen LogP) is 3.39. The number of likely N-dealkylation sites (tertiary alicyclic amines) is 1. The highest BCUT2D eigenvalue weighted by atomic mass is 32.1. The lowest BCUT2D eigenvalue weighted by atomic mass is 9.78. The van der Waals surface area contributed by atoms with E-state index in [1.54, 1.807) is 22.3 Å². The molecule has 4 heterocycles. The van der Waals surface area contributed by atoms with Gasteiger partial charge in [0.2, 0.25) is 11.8 Å². The fraction of sp³-hybridized carbons (Fsp3) is 0.613. The van der Waals surface area contributed by atoms with Gasteiger partial charge in [-0.05, 0) is 55.3 Å². The number of thiazole rings is 1. The fourth-order valence-electron chi connectivity index (χ4n) is 6.78. The number of rotatable bonds is 7. The van der Waals surface area contributed by atoms with Gasteiger partial charge in [0.15, 0.2) is 10.9 Å². The summed E-state index contributed by atoms with van der Waals surface area (Å²) in [7, 11) is 2.13. The number of benzene rings is 1. The summed E-state index contributed by atoms with van der Waals surface area (Å²) in [5.74, 6) is -0.631. The lowest BCUT2D eigenvalue weighted by Crippen LogP contribution is -2.45. The van der Waals surface area contributed by atoms with Gasteiger partial charge in [0.1, 0.15) is 12.6 Å². The molecule has 9 nitrogen and oxygen atoms in total. The molecule has 2 N–H and O–H groups in total. The van der Waals surface area contributed by atoms with Gasteiger partial charge in [0.25, 0.3) is 0 Å². The highest BCUT2D eigenvalue weighted by Gasteiger charge is 2.56. The Morgan fingerprint density at radius 1 is 1.17 bits per heavy atom. The van der Waals surface area contributed by atoms with E-state index in [0.29, 0.717) is 30.0 Å². The van der Waals surface area contributed by atoms with Crippen LogP contribution < -0.4 is 10.6 Å². The molecule has 41 heavy (non-hydrogen) atoms. The smallest absolute Gasteiger partial charge is 0.249 e. The normalized spacial score (nSPS) is 26.0. The maximum atomic E-state index is 14.5. The third kappa shape index (κ3) is 5.66. The van der Waals surface area contributed by atoms with E-state index in [0.717, 1.165) is 55.4 Å². The summed E-state index contributed by atoms with van der Waals surface area (Å²) in [5, 5.41) is 3.02. The van der Waals surface area contributed by atoms with E-state index < -0.39 is 17.9 Å². The van der Waals surface area contributed by atoms with Crippen molar-refractivity contribution < 1.29 is 19.1 Å². The van der Waals surface area contributed by atoms with Crippen molar-refractivity contribution in [1.29, 1.82) is 0 Å². The number of nitrogens with zero attached hydrogens (tertiary/aromatic N) is 4. The monoisotopic (exact) mass is 579 g/mol. The Balaban J connectivity index is 1.36. The maximum absolute atomic E-state index is 14.5. The first-order valence-corrected chi connectivity index (χ1v) is 15.7. The lowest BCUT2D eigenvalue weighted by Gasteiger charge is -2.32. The second-order valence-electron chi connectivity index (χ2n) is 13.5. The fourth-order valence-corrected chi connectivity index (χ4v) is 7.67. The summed E-state index contributed by atoms with van der Waals surface area (Å²) in [6, 6.07) is 4.99. The molecule has 4 fully saturated rings. The Labute approximate surface area is 246 Å². The number of carbonyl (C=O) groups is 3. The van der Waals surface area contributed by atoms with E-state index in [1.165, 1.54) is 0 Å². The second-order valence-corrected chi connectivity index (χ2v) is 14.3. The molecule has 0 spiro atoms. The van der Waals surface area contributed by atoms with Crippen LogP contribution in [0, 0.1) is 17.3 Å². The summed E-state index contributed by atoms with van der Waals surface area (Å²) >= 11 is 1.61. The SMILES string of the molecule is CN1CCN(c2nc(-c3ccc(C(N)=O)c([C@H](CC(C)(C)C)C(=O)N4C[C@@H](C5CC5)[C@H]5OCC(=O)[C@H]54)c3)cs2)CC1. The molecule has 3 aliphatic heterocycles. The summed E-state index contributed by atoms with van der Waals surface area (Å²) in [6.45, 7) is 10.7. The number of fused-ring (bicyclic) bond motifs is 1. The number of anilines is 1. The van der Waals surface area contributed by atoms with Gasteiger partial charge in [0.05, 0.1) is 17.7 Å². The van der Waals surface area contributed by atoms with Crippen molar-refractivity contribution in [2.75, 3.05) is 51.3 Å². The van der Waals surface area contributed by atoms with Crippen LogP contribution in [0.15, 0.2) is 23.6 Å². The van der Waals surface area contributed by atoms with E-state index in [1.807, 2.05) is 17.5 Å². The van der Waals surface area contributed by atoms with Crippen LogP contribution in [0.5, 0.6) is 0 Å². The Morgan fingerprint density at radius 2 is 1.90 bits per heavy atom. The number of Topliss-reactive ketones (excluding diaryl/α,β-unsaturated/α-hetero) is 1. The highest BCUT2D eigenvalue weighted by molar-refractivity contribution is 7.14. The standard InChI is InChI=1S/C31H41N5O4S/c1-31(2,3)14-22(29(39)36-15-23(18-5-6-18)27-26(36)25(37)16-40-27)21-13-19(7-8-20(21)28(32)38)24-17-41-30(33-24)35-11-9-34(4)10-12-35/h7-8,13,17-18,22-23,26-27H,5-6,9-12,14-16H2,1-4H3,(H2,32,38)/t22-,23-,26+,27+/m0/s1. The van der Waals surface area contributed by atoms with Crippen LogP contribution in [0.2, 0.25) is 0 Å². The number of primary amides is 1. The molecule has 1 saturated carbocycles. The Kier molecular flexibility index (Phi) is 7.45. The second kappa shape index (κ2) is 10.8. The number of carbonyl (C=O) groups excluding carboxylic acids is 3. The van der Waals surface area contributed by atoms with Gasteiger partial charge >= 0.3 is 0 Å². The largest absolute Gasteiger partial charge is 0.367 e. The van der Waals surface area contributed by atoms with E-state index in [4.69, 9.17) is 15.5 Å². The van der Waals surface area contributed by atoms with Crippen LogP contribution in [0.4, 0.5) is 5.13 Å². The van der Waals surface area contributed by atoms with Crippen LogP contribution in [0.25, 0.3) is 11.3 Å². The number of amides is 2. The highest BCUT2D eigenvalue weighted by Crippen LogP contribution is 2.47. The lowest BCUT2D eigenvalue weighted by molar-refractivity contribution is -0.138. The molecule has 0 radical (unpaired) electrons. The van der Waals surface area contributed by atoms with E-state index >= 15 is 0 Å². The minimum atomic E-state index is -0.625. The summed E-state index contributed by atoms with van der Waals surface area (Å²) in [6.07, 6.45) is 2.53. The van der Waals surface area contributed by atoms with Crippen LogP contribution >= 0.6 is 11.3 Å². The molecule has 10 heteroatoms. The first-order chi connectivity index (χ1) is 19.5. The zero-order valence-corrected chi connectivity index (χ0v) is 25.3. The molecule has 6 rings (SSSR count). The first kappa shape index (κ1) is 28.3.